The van der Waals surface area contributed by atoms with Gasteiger partial charge in [0.1, 0.15) is 0 Å². The van der Waals surface area contributed by atoms with Crippen LogP contribution in [-0.4, -0.2) is 9.97 Å². The van der Waals surface area contributed by atoms with Gasteiger partial charge in [0.05, 0.1) is 5.69 Å². The predicted molar refractivity (Wildman–Crippen MR) is 64.4 cm³/mol. The molecular weight excluding hydrogens is 200 g/mol. The molecule has 3 N–H and O–H groups in total. The summed E-state index contributed by atoms with van der Waals surface area (Å²) >= 11 is 0. The van der Waals surface area contributed by atoms with E-state index in [1.807, 2.05) is 31.2 Å². The molecule has 0 atom stereocenters. The lowest BCUT2D eigenvalue weighted by Crippen LogP contribution is -2.03. The van der Waals surface area contributed by atoms with Crippen LogP contribution in [0, 0.1) is 6.92 Å². The lowest BCUT2D eigenvalue weighted by molar-refractivity contribution is 0.969. The minimum absolute atomic E-state index is 0.422. The average Bonchev–Trinajstić information content (AvgIpc) is 2.29. The van der Waals surface area contributed by atoms with E-state index in [4.69, 9.17) is 5.73 Å². The molecule has 0 radical (unpaired) electrons. The largest absolute Gasteiger partial charge is 0.325 e. The van der Waals surface area contributed by atoms with Gasteiger partial charge >= 0.3 is 0 Å². The highest BCUT2D eigenvalue weighted by Crippen LogP contribution is 2.13. The van der Waals surface area contributed by atoms with Crippen molar-refractivity contribution in [1.82, 2.24) is 9.97 Å². The van der Waals surface area contributed by atoms with Crippen LogP contribution in [0.15, 0.2) is 36.5 Å². The van der Waals surface area contributed by atoms with Crippen molar-refractivity contribution in [2.24, 2.45) is 5.73 Å². The summed E-state index contributed by atoms with van der Waals surface area (Å²) in [6.45, 7) is 2.47. The smallest absolute Gasteiger partial charge is 0.227 e. The molecule has 2 aromatic rings. The van der Waals surface area contributed by atoms with E-state index >= 15 is 0 Å². The van der Waals surface area contributed by atoms with Gasteiger partial charge < -0.3 is 11.1 Å². The van der Waals surface area contributed by atoms with Crippen LogP contribution in [0.5, 0.6) is 0 Å². The van der Waals surface area contributed by atoms with Crippen LogP contribution in [0.1, 0.15) is 11.3 Å². The Morgan fingerprint density at radius 3 is 2.94 bits per heavy atom. The summed E-state index contributed by atoms with van der Waals surface area (Å²) < 4.78 is 0. The molecular formula is C12H14N4. The molecule has 0 amide bonds. The molecule has 1 aromatic carbocycles. The number of nitrogens with one attached hydrogen (secondary N) is 1. The van der Waals surface area contributed by atoms with Gasteiger partial charge in [0.15, 0.2) is 0 Å². The van der Waals surface area contributed by atoms with Crippen LogP contribution in [0.3, 0.4) is 0 Å². The third-order valence-electron chi connectivity index (χ3n) is 2.20. The lowest BCUT2D eigenvalue weighted by atomic mass is 10.2. The Labute approximate surface area is 94.5 Å². The number of benzene rings is 1. The van der Waals surface area contributed by atoms with Crippen LogP contribution in [0.2, 0.25) is 0 Å². The first-order valence-electron chi connectivity index (χ1n) is 5.13. The number of nitrogens with two attached hydrogens (primary N) is 1. The molecule has 82 valence electrons. The van der Waals surface area contributed by atoms with Crippen molar-refractivity contribution in [3.63, 3.8) is 0 Å². The maximum atomic E-state index is 5.52. The zero-order valence-corrected chi connectivity index (χ0v) is 9.14. The van der Waals surface area contributed by atoms with E-state index in [1.54, 1.807) is 12.3 Å². The molecule has 0 fully saturated rings. The monoisotopic (exact) mass is 214 g/mol. The zero-order valence-electron chi connectivity index (χ0n) is 9.14. The molecule has 0 unspecified atom stereocenters. The Balaban J connectivity index is 2.20. The minimum atomic E-state index is 0.422. The van der Waals surface area contributed by atoms with E-state index in [0.29, 0.717) is 12.5 Å². The third kappa shape index (κ3) is 2.55. The highest BCUT2D eigenvalue weighted by atomic mass is 15.1. The van der Waals surface area contributed by atoms with Crippen LogP contribution in [0.4, 0.5) is 11.6 Å². The fourth-order valence-corrected chi connectivity index (χ4v) is 1.42. The summed E-state index contributed by atoms with van der Waals surface area (Å²) in [6.07, 6.45) is 1.70. The molecule has 0 spiro atoms. The van der Waals surface area contributed by atoms with Gasteiger partial charge in [-0.15, -0.1) is 0 Å². The standard InChI is InChI=1S/C12H14N4/c1-9-3-2-4-10(7-9)15-12-14-6-5-11(8-13)16-12/h2-7H,8,13H2,1H3,(H,14,15,16). The summed E-state index contributed by atoms with van der Waals surface area (Å²) in [5, 5.41) is 3.14. The number of aromatic nitrogens is 2. The fraction of sp³-hybridized carbons (Fsp3) is 0.167. The quantitative estimate of drug-likeness (QED) is 0.820. The zero-order chi connectivity index (χ0) is 11.4. The first kappa shape index (κ1) is 10.6. The second kappa shape index (κ2) is 4.72. The van der Waals surface area contributed by atoms with E-state index in [0.717, 1.165) is 11.4 Å². The van der Waals surface area contributed by atoms with Gasteiger partial charge in [-0.05, 0) is 30.7 Å². The average molecular weight is 214 g/mol. The second-order valence-corrected chi connectivity index (χ2v) is 3.57. The van der Waals surface area contributed by atoms with Crippen molar-refractivity contribution in [3.8, 4) is 0 Å². The summed E-state index contributed by atoms with van der Waals surface area (Å²) in [6, 6.07) is 9.86. The maximum absolute atomic E-state index is 5.52. The molecule has 0 aliphatic heterocycles. The topological polar surface area (TPSA) is 63.8 Å². The summed E-state index contributed by atoms with van der Waals surface area (Å²) in [7, 11) is 0. The van der Waals surface area contributed by atoms with Crippen molar-refractivity contribution < 1.29 is 0 Å². The van der Waals surface area contributed by atoms with Gasteiger partial charge in [-0.3, -0.25) is 0 Å². The van der Waals surface area contributed by atoms with Gasteiger partial charge in [-0.2, -0.15) is 0 Å². The number of anilines is 2. The lowest BCUT2D eigenvalue weighted by Gasteiger charge is -2.06. The Morgan fingerprint density at radius 1 is 1.31 bits per heavy atom. The van der Waals surface area contributed by atoms with Crippen LogP contribution >= 0.6 is 0 Å². The molecule has 1 aromatic heterocycles. The third-order valence-corrected chi connectivity index (χ3v) is 2.20. The molecule has 1 heterocycles. The first-order chi connectivity index (χ1) is 7.78. The SMILES string of the molecule is Cc1cccc(Nc2nccc(CN)n2)c1. The molecule has 0 saturated heterocycles. The van der Waals surface area contributed by atoms with Gasteiger partial charge in [-0.25, -0.2) is 9.97 Å². The normalized spacial score (nSPS) is 10.1. The van der Waals surface area contributed by atoms with E-state index in [2.05, 4.69) is 15.3 Å². The number of hydrogen-bond acceptors (Lipinski definition) is 4. The summed E-state index contributed by atoms with van der Waals surface area (Å²) in [5.41, 5.74) is 8.52. The number of aryl methyl sites for hydroxylation is 1. The minimum Gasteiger partial charge on any atom is -0.325 e. The number of nitrogens with zero attached hydrogens (tertiary/aromatic N) is 2. The van der Waals surface area contributed by atoms with E-state index < -0.39 is 0 Å². The highest BCUT2D eigenvalue weighted by Gasteiger charge is 1.98. The van der Waals surface area contributed by atoms with Crippen molar-refractivity contribution in [3.05, 3.63) is 47.8 Å². The van der Waals surface area contributed by atoms with Crippen molar-refractivity contribution in [1.29, 1.82) is 0 Å². The number of rotatable bonds is 3. The second-order valence-electron chi connectivity index (χ2n) is 3.57. The fourth-order valence-electron chi connectivity index (χ4n) is 1.42. The Bertz CT molecular complexity index is 482. The molecule has 0 bridgehead atoms. The molecule has 0 aliphatic carbocycles. The predicted octanol–water partition coefficient (Wildman–Crippen LogP) is 1.99. The van der Waals surface area contributed by atoms with E-state index in [9.17, 15) is 0 Å². The Morgan fingerprint density at radius 2 is 2.19 bits per heavy atom. The van der Waals surface area contributed by atoms with Crippen LogP contribution in [-0.2, 0) is 6.54 Å². The molecule has 0 aliphatic rings. The Kier molecular flexibility index (Phi) is 3.12. The van der Waals surface area contributed by atoms with Crippen molar-refractivity contribution in [2.75, 3.05) is 5.32 Å². The highest BCUT2D eigenvalue weighted by molar-refractivity contribution is 5.54. The molecule has 2 rings (SSSR count). The van der Waals surface area contributed by atoms with Gasteiger partial charge in [0, 0.05) is 18.4 Å². The van der Waals surface area contributed by atoms with Crippen molar-refractivity contribution >= 4 is 11.6 Å². The van der Waals surface area contributed by atoms with E-state index in [1.165, 1.54) is 5.56 Å². The first-order valence-corrected chi connectivity index (χ1v) is 5.13. The van der Waals surface area contributed by atoms with Crippen LogP contribution in [0.25, 0.3) is 0 Å². The molecule has 4 nitrogen and oxygen atoms in total. The van der Waals surface area contributed by atoms with Crippen molar-refractivity contribution in [2.45, 2.75) is 13.5 Å². The molecule has 4 heteroatoms. The Hall–Kier alpha value is -1.94. The van der Waals surface area contributed by atoms with Crippen LogP contribution < -0.4 is 11.1 Å². The summed E-state index contributed by atoms with van der Waals surface area (Å²) in [5.74, 6) is 0.577. The van der Waals surface area contributed by atoms with Gasteiger partial charge in [-0.1, -0.05) is 12.1 Å². The van der Waals surface area contributed by atoms with Gasteiger partial charge in [0.25, 0.3) is 0 Å². The number of hydrogen-bond donors (Lipinski definition) is 2. The van der Waals surface area contributed by atoms with E-state index in [-0.39, 0.29) is 0 Å². The molecule has 0 saturated carbocycles. The van der Waals surface area contributed by atoms with Gasteiger partial charge in [0.2, 0.25) is 5.95 Å². The maximum Gasteiger partial charge on any atom is 0.227 e. The molecule has 16 heavy (non-hydrogen) atoms. The summed E-state index contributed by atoms with van der Waals surface area (Å²) in [4.78, 5) is 8.40.